The molecule has 1 aliphatic heterocycles. The van der Waals surface area contributed by atoms with Crippen LogP contribution in [0, 0.1) is 0 Å². The lowest BCUT2D eigenvalue weighted by Crippen LogP contribution is -2.43. The summed E-state index contributed by atoms with van der Waals surface area (Å²) in [6.07, 6.45) is 0.872. The fourth-order valence-corrected chi connectivity index (χ4v) is 3.12. The Kier molecular flexibility index (Phi) is 5.08. The smallest absolute Gasteiger partial charge is 0.289 e. The lowest BCUT2D eigenvalue weighted by molar-refractivity contribution is -0.133. The number of carbonyl (C=O) groups excluding carboxylic acids is 1. The van der Waals surface area contributed by atoms with Crippen molar-refractivity contribution in [1.82, 2.24) is 4.90 Å². The zero-order valence-electron chi connectivity index (χ0n) is 13.4. The van der Waals surface area contributed by atoms with Crippen molar-refractivity contribution in [3.8, 4) is 0 Å². The number of halogens is 2. The van der Waals surface area contributed by atoms with E-state index in [0.29, 0.717) is 29.0 Å². The van der Waals surface area contributed by atoms with Crippen molar-refractivity contribution in [2.24, 2.45) is 0 Å². The molecule has 1 aromatic rings. The predicted octanol–water partition coefficient (Wildman–Crippen LogP) is 4.77. The zero-order chi connectivity index (χ0) is 16.5. The molecule has 1 heterocycles. The molecule has 0 saturated carbocycles. The molecule has 0 saturated heterocycles. The van der Waals surface area contributed by atoms with Crippen LogP contribution in [0.5, 0.6) is 0 Å². The minimum absolute atomic E-state index is 0.0768. The SMILES string of the molecule is CCCOC1=C(C)CN(C(C)(C)c2cc(Cl)cc(Cl)c2)C1=O. The number of rotatable bonds is 5. The molecule has 0 N–H and O–H groups in total. The first kappa shape index (κ1) is 17.2. The molecule has 0 radical (unpaired) electrons. The number of benzene rings is 1. The zero-order valence-corrected chi connectivity index (χ0v) is 14.9. The number of hydrogen-bond donors (Lipinski definition) is 0. The summed E-state index contributed by atoms with van der Waals surface area (Å²) in [5.74, 6) is 0.398. The molecule has 1 aromatic carbocycles. The minimum atomic E-state index is -0.524. The Balaban J connectivity index is 2.30. The topological polar surface area (TPSA) is 29.5 Å². The van der Waals surface area contributed by atoms with Crippen molar-refractivity contribution >= 4 is 29.1 Å². The molecule has 0 aromatic heterocycles. The highest BCUT2D eigenvalue weighted by molar-refractivity contribution is 6.34. The van der Waals surface area contributed by atoms with E-state index in [-0.39, 0.29) is 5.91 Å². The van der Waals surface area contributed by atoms with Gasteiger partial charge in [0.25, 0.3) is 5.91 Å². The van der Waals surface area contributed by atoms with E-state index in [1.807, 2.05) is 39.8 Å². The maximum Gasteiger partial charge on any atom is 0.289 e. The quantitative estimate of drug-likeness (QED) is 0.771. The molecule has 0 aliphatic carbocycles. The molecule has 0 bridgehead atoms. The van der Waals surface area contributed by atoms with Gasteiger partial charge in [-0.25, -0.2) is 0 Å². The van der Waals surface area contributed by atoms with Crippen LogP contribution in [0.2, 0.25) is 10.0 Å². The van der Waals surface area contributed by atoms with Gasteiger partial charge in [0.15, 0.2) is 5.76 Å². The first-order valence-corrected chi connectivity index (χ1v) is 8.14. The molecule has 0 unspecified atom stereocenters. The van der Waals surface area contributed by atoms with E-state index < -0.39 is 5.54 Å². The van der Waals surface area contributed by atoms with Gasteiger partial charge in [0.05, 0.1) is 12.1 Å². The van der Waals surface area contributed by atoms with Crippen molar-refractivity contribution in [3.05, 3.63) is 45.1 Å². The summed E-state index contributed by atoms with van der Waals surface area (Å²) < 4.78 is 5.62. The van der Waals surface area contributed by atoms with Crippen LogP contribution in [-0.2, 0) is 15.1 Å². The van der Waals surface area contributed by atoms with E-state index in [4.69, 9.17) is 27.9 Å². The fraction of sp³-hybridized carbons (Fsp3) is 0.471. The fourth-order valence-electron chi connectivity index (χ4n) is 2.59. The van der Waals surface area contributed by atoms with Gasteiger partial charge in [0, 0.05) is 16.6 Å². The Bertz CT molecular complexity index is 603. The number of carbonyl (C=O) groups is 1. The second-order valence-electron chi connectivity index (χ2n) is 6.07. The van der Waals surface area contributed by atoms with Crippen LogP contribution in [0.4, 0.5) is 0 Å². The molecule has 3 nitrogen and oxygen atoms in total. The normalized spacial score (nSPS) is 15.7. The van der Waals surface area contributed by atoms with Gasteiger partial charge in [0.2, 0.25) is 0 Å². The molecule has 120 valence electrons. The van der Waals surface area contributed by atoms with E-state index in [9.17, 15) is 4.79 Å². The number of nitrogens with zero attached hydrogens (tertiary/aromatic N) is 1. The summed E-state index contributed by atoms with van der Waals surface area (Å²) in [6.45, 7) is 9.03. The lowest BCUT2D eigenvalue weighted by Gasteiger charge is -2.36. The number of hydrogen-bond acceptors (Lipinski definition) is 2. The van der Waals surface area contributed by atoms with Gasteiger partial charge in [-0.2, -0.15) is 0 Å². The minimum Gasteiger partial charge on any atom is -0.488 e. The van der Waals surface area contributed by atoms with E-state index in [1.165, 1.54) is 0 Å². The third-order valence-corrected chi connectivity index (χ3v) is 4.35. The second-order valence-corrected chi connectivity index (χ2v) is 6.94. The second kappa shape index (κ2) is 6.51. The Morgan fingerprint density at radius 2 is 1.82 bits per heavy atom. The highest BCUT2D eigenvalue weighted by atomic mass is 35.5. The van der Waals surface area contributed by atoms with Crippen molar-refractivity contribution in [2.45, 2.75) is 39.7 Å². The third kappa shape index (κ3) is 3.26. The van der Waals surface area contributed by atoms with Gasteiger partial charge in [-0.1, -0.05) is 30.1 Å². The average Bonchev–Trinajstić information content (AvgIpc) is 2.71. The number of ether oxygens (including phenoxy) is 1. The van der Waals surface area contributed by atoms with Crippen LogP contribution >= 0.6 is 23.2 Å². The van der Waals surface area contributed by atoms with Gasteiger partial charge in [0.1, 0.15) is 0 Å². The Labute approximate surface area is 141 Å². The molecular formula is C17H21Cl2NO2. The Morgan fingerprint density at radius 1 is 1.23 bits per heavy atom. The van der Waals surface area contributed by atoms with Crippen LogP contribution in [0.3, 0.4) is 0 Å². The van der Waals surface area contributed by atoms with Crippen LogP contribution < -0.4 is 0 Å². The average molecular weight is 342 g/mol. The van der Waals surface area contributed by atoms with Gasteiger partial charge in [-0.05, 0) is 56.5 Å². The summed E-state index contributed by atoms with van der Waals surface area (Å²) >= 11 is 12.2. The lowest BCUT2D eigenvalue weighted by atomic mass is 9.92. The van der Waals surface area contributed by atoms with Crippen LogP contribution in [-0.4, -0.2) is 24.0 Å². The summed E-state index contributed by atoms with van der Waals surface area (Å²) in [5.41, 5.74) is 1.34. The van der Waals surface area contributed by atoms with E-state index >= 15 is 0 Å². The summed E-state index contributed by atoms with van der Waals surface area (Å²) in [6, 6.07) is 5.38. The molecule has 22 heavy (non-hydrogen) atoms. The van der Waals surface area contributed by atoms with Crippen LogP contribution in [0.1, 0.15) is 39.7 Å². The molecule has 0 atom stereocenters. The van der Waals surface area contributed by atoms with Crippen molar-refractivity contribution in [2.75, 3.05) is 13.2 Å². The van der Waals surface area contributed by atoms with Crippen LogP contribution in [0.25, 0.3) is 0 Å². The molecule has 0 fully saturated rings. The first-order chi connectivity index (χ1) is 10.3. The first-order valence-electron chi connectivity index (χ1n) is 7.38. The predicted molar refractivity (Wildman–Crippen MR) is 90.1 cm³/mol. The molecule has 5 heteroatoms. The van der Waals surface area contributed by atoms with Crippen molar-refractivity contribution in [1.29, 1.82) is 0 Å². The summed E-state index contributed by atoms with van der Waals surface area (Å²) in [5, 5.41) is 1.13. The highest BCUT2D eigenvalue weighted by Crippen LogP contribution is 2.36. The Morgan fingerprint density at radius 3 is 2.36 bits per heavy atom. The van der Waals surface area contributed by atoms with Gasteiger partial charge >= 0.3 is 0 Å². The summed E-state index contributed by atoms with van der Waals surface area (Å²) in [4.78, 5) is 14.5. The molecule has 2 rings (SSSR count). The molecule has 0 spiro atoms. The van der Waals surface area contributed by atoms with Crippen molar-refractivity contribution < 1.29 is 9.53 Å². The molecule has 1 amide bonds. The van der Waals surface area contributed by atoms with Crippen molar-refractivity contribution in [3.63, 3.8) is 0 Å². The maximum absolute atomic E-state index is 12.7. The summed E-state index contributed by atoms with van der Waals surface area (Å²) in [7, 11) is 0. The number of amides is 1. The third-order valence-electron chi connectivity index (χ3n) is 3.92. The molecular weight excluding hydrogens is 321 g/mol. The van der Waals surface area contributed by atoms with E-state index in [2.05, 4.69) is 0 Å². The van der Waals surface area contributed by atoms with Gasteiger partial charge in [-0.3, -0.25) is 4.79 Å². The van der Waals surface area contributed by atoms with E-state index in [0.717, 1.165) is 17.6 Å². The Hall–Kier alpha value is -1.19. The largest absolute Gasteiger partial charge is 0.488 e. The monoisotopic (exact) mass is 341 g/mol. The molecule has 1 aliphatic rings. The van der Waals surface area contributed by atoms with Gasteiger partial charge < -0.3 is 9.64 Å². The van der Waals surface area contributed by atoms with Crippen LogP contribution in [0.15, 0.2) is 29.5 Å². The highest BCUT2D eigenvalue weighted by Gasteiger charge is 2.40. The van der Waals surface area contributed by atoms with E-state index in [1.54, 1.807) is 11.0 Å². The maximum atomic E-state index is 12.7. The standard InChI is InChI=1S/C17H21Cl2NO2/c1-5-6-22-15-11(2)10-20(16(15)21)17(3,4)12-7-13(18)9-14(19)8-12/h7-9H,5-6,10H2,1-4H3. The van der Waals surface area contributed by atoms with Gasteiger partial charge in [-0.15, -0.1) is 0 Å².